The number of nitrogens with one attached hydrogen (secondary N) is 2. The molecule has 0 bridgehead atoms. The summed E-state index contributed by atoms with van der Waals surface area (Å²) in [6.07, 6.45) is 4.24. The van der Waals surface area contributed by atoms with E-state index < -0.39 is 21.7 Å². The molecule has 1 aromatic carbocycles. The number of hydrogen-bond donors (Lipinski definition) is 2. The van der Waals surface area contributed by atoms with Crippen LogP contribution in [0, 0.1) is 11.6 Å². The third kappa shape index (κ3) is 5.65. The number of hydrogen-bond acceptors (Lipinski definition) is 5. The van der Waals surface area contributed by atoms with Crippen molar-refractivity contribution in [3.8, 4) is 0 Å². The number of benzene rings is 1. The summed E-state index contributed by atoms with van der Waals surface area (Å²) in [7, 11) is -4.05. The van der Waals surface area contributed by atoms with Crippen molar-refractivity contribution in [2.45, 2.75) is 43.5 Å². The van der Waals surface area contributed by atoms with E-state index in [0.29, 0.717) is 24.8 Å². The van der Waals surface area contributed by atoms with Gasteiger partial charge in [0.25, 0.3) is 10.0 Å². The van der Waals surface area contributed by atoms with Gasteiger partial charge < -0.3 is 10.2 Å². The summed E-state index contributed by atoms with van der Waals surface area (Å²) in [4.78, 5) is 17.9. The Hall–Kier alpha value is -2.75. The fraction of sp³-hybridized carbons (Fsp3) is 0.400. The number of amides is 1. The molecular formula is C20H24F2N4O3S. The molecule has 1 atom stereocenters. The van der Waals surface area contributed by atoms with Crippen LogP contribution < -0.4 is 14.9 Å². The van der Waals surface area contributed by atoms with Crippen LogP contribution in [0.4, 0.5) is 20.3 Å². The number of pyridine rings is 1. The van der Waals surface area contributed by atoms with Crippen molar-refractivity contribution in [3.63, 3.8) is 0 Å². The van der Waals surface area contributed by atoms with Crippen molar-refractivity contribution in [1.29, 1.82) is 0 Å². The molecule has 1 saturated heterocycles. The van der Waals surface area contributed by atoms with E-state index in [-0.39, 0.29) is 22.5 Å². The van der Waals surface area contributed by atoms with Gasteiger partial charge in [-0.25, -0.2) is 22.2 Å². The molecule has 1 aromatic heterocycles. The normalized spacial score (nSPS) is 16.9. The number of aromatic nitrogens is 1. The summed E-state index contributed by atoms with van der Waals surface area (Å²) in [5, 5.41) is 3.02. The molecule has 2 heterocycles. The van der Waals surface area contributed by atoms with Crippen molar-refractivity contribution < 1.29 is 22.0 Å². The second kappa shape index (κ2) is 9.38. The minimum absolute atomic E-state index is 0.0209. The third-order valence-electron chi connectivity index (χ3n) is 4.73. The molecule has 2 aromatic rings. The molecular weight excluding hydrogens is 414 g/mol. The van der Waals surface area contributed by atoms with Gasteiger partial charge in [0, 0.05) is 37.8 Å². The number of halogens is 2. The lowest BCUT2D eigenvalue weighted by molar-refractivity contribution is -0.121. The number of nitrogens with zero attached hydrogens (tertiary/aromatic N) is 2. The minimum atomic E-state index is -4.05. The van der Waals surface area contributed by atoms with Gasteiger partial charge in [0.1, 0.15) is 22.3 Å². The fourth-order valence-electron chi connectivity index (χ4n) is 3.38. The summed E-state index contributed by atoms with van der Waals surface area (Å²) in [6, 6.07) is 5.43. The van der Waals surface area contributed by atoms with Gasteiger partial charge in [-0.2, -0.15) is 0 Å². The number of rotatable bonds is 7. The van der Waals surface area contributed by atoms with Crippen LogP contribution in [0.25, 0.3) is 0 Å². The van der Waals surface area contributed by atoms with Crippen LogP contribution in [0.5, 0.6) is 0 Å². The van der Waals surface area contributed by atoms with Gasteiger partial charge in [0.2, 0.25) is 5.91 Å². The molecule has 3 rings (SSSR count). The van der Waals surface area contributed by atoms with E-state index in [2.05, 4.69) is 15.0 Å². The summed E-state index contributed by atoms with van der Waals surface area (Å²) >= 11 is 0. The van der Waals surface area contributed by atoms with Crippen LogP contribution in [0.2, 0.25) is 0 Å². The largest absolute Gasteiger partial charge is 0.355 e. The minimum Gasteiger partial charge on any atom is -0.355 e. The molecule has 1 fully saturated rings. The Kier molecular flexibility index (Phi) is 6.86. The fourth-order valence-corrected chi connectivity index (χ4v) is 4.36. The first-order valence-electron chi connectivity index (χ1n) is 9.76. The molecule has 1 aliphatic heterocycles. The number of anilines is 2. The number of sulfonamides is 1. The molecule has 1 unspecified atom stereocenters. The summed E-state index contributed by atoms with van der Waals surface area (Å²) in [5.41, 5.74) is -0.210. The zero-order chi connectivity index (χ0) is 21.7. The highest BCUT2D eigenvalue weighted by Crippen LogP contribution is 2.22. The average molecular weight is 439 g/mol. The van der Waals surface area contributed by atoms with Crippen LogP contribution >= 0.6 is 0 Å². The van der Waals surface area contributed by atoms with E-state index in [4.69, 9.17) is 0 Å². The van der Waals surface area contributed by atoms with E-state index in [1.54, 1.807) is 6.07 Å². The highest BCUT2D eigenvalue weighted by Gasteiger charge is 2.23. The van der Waals surface area contributed by atoms with Crippen LogP contribution in [0.1, 0.15) is 32.6 Å². The molecule has 162 valence electrons. The predicted molar refractivity (Wildman–Crippen MR) is 110 cm³/mol. The van der Waals surface area contributed by atoms with Crippen LogP contribution in [-0.4, -0.2) is 38.4 Å². The van der Waals surface area contributed by atoms with Gasteiger partial charge in [0.15, 0.2) is 0 Å². The van der Waals surface area contributed by atoms with Crippen LogP contribution in [0.15, 0.2) is 41.4 Å². The first-order chi connectivity index (χ1) is 14.3. The molecule has 0 aliphatic carbocycles. The van der Waals surface area contributed by atoms with E-state index in [1.807, 2.05) is 11.8 Å². The molecule has 0 radical (unpaired) electrons. The predicted octanol–water partition coefficient (Wildman–Crippen LogP) is 3.05. The van der Waals surface area contributed by atoms with Crippen LogP contribution in [-0.2, 0) is 14.8 Å². The van der Waals surface area contributed by atoms with Gasteiger partial charge in [0.05, 0.1) is 5.69 Å². The van der Waals surface area contributed by atoms with E-state index in [0.717, 1.165) is 37.9 Å². The summed E-state index contributed by atoms with van der Waals surface area (Å²) in [6.45, 7) is 3.29. The van der Waals surface area contributed by atoms with Gasteiger partial charge in [-0.15, -0.1) is 0 Å². The van der Waals surface area contributed by atoms with Gasteiger partial charge in [-0.05, 0) is 43.5 Å². The molecule has 1 amide bonds. The van der Waals surface area contributed by atoms with Crippen LogP contribution in [0.3, 0.4) is 0 Å². The second-order valence-corrected chi connectivity index (χ2v) is 8.90. The first kappa shape index (κ1) is 21.9. The lowest BCUT2D eigenvalue weighted by Crippen LogP contribution is -2.48. The molecule has 2 N–H and O–H groups in total. The highest BCUT2D eigenvalue weighted by molar-refractivity contribution is 7.92. The zero-order valence-corrected chi connectivity index (χ0v) is 17.4. The van der Waals surface area contributed by atoms with Gasteiger partial charge >= 0.3 is 0 Å². The van der Waals surface area contributed by atoms with Crippen molar-refractivity contribution in [2.24, 2.45) is 0 Å². The number of carbonyl (C=O) groups is 1. The third-order valence-corrected chi connectivity index (χ3v) is 6.10. The standard InChI is InChI=1S/C20H24F2N4O3S/c1-2-4-20(27)24-16-5-3-8-26(13-16)19-7-6-18(12-23-19)30(28,29)25-17-10-14(21)9-15(22)11-17/h6-7,9-12,16,25H,2-5,8,13H2,1H3,(H,24,27). The SMILES string of the molecule is CCCC(=O)NC1CCCN(c2ccc(S(=O)(=O)Nc3cc(F)cc(F)c3)cn2)C1. The van der Waals surface area contributed by atoms with Crippen molar-refractivity contribution in [1.82, 2.24) is 10.3 Å². The summed E-state index contributed by atoms with van der Waals surface area (Å²) < 4.78 is 53.7. The monoisotopic (exact) mass is 438 g/mol. The topological polar surface area (TPSA) is 91.4 Å². The Morgan fingerprint density at radius 2 is 1.97 bits per heavy atom. The Labute approximate surface area is 174 Å². The van der Waals surface area contributed by atoms with Gasteiger partial charge in [-0.3, -0.25) is 9.52 Å². The molecule has 7 nitrogen and oxygen atoms in total. The Bertz CT molecular complexity index is 979. The zero-order valence-electron chi connectivity index (χ0n) is 16.6. The van der Waals surface area contributed by atoms with E-state index in [1.165, 1.54) is 12.3 Å². The number of carbonyl (C=O) groups excluding carboxylic acids is 1. The molecule has 0 spiro atoms. The molecule has 1 aliphatic rings. The number of piperidine rings is 1. The Balaban J connectivity index is 1.68. The quantitative estimate of drug-likeness (QED) is 0.693. The maximum Gasteiger partial charge on any atom is 0.263 e. The molecule has 10 heteroatoms. The smallest absolute Gasteiger partial charge is 0.263 e. The highest BCUT2D eigenvalue weighted by atomic mass is 32.2. The van der Waals surface area contributed by atoms with Crippen molar-refractivity contribution in [2.75, 3.05) is 22.7 Å². The van der Waals surface area contributed by atoms with Crippen molar-refractivity contribution in [3.05, 3.63) is 48.2 Å². The Morgan fingerprint density at radius 1 is 1.23 bits per heavy atom. The molecule has 30 heavy (non-hydrogen) atoms. The lowest BCUT2D eigenvalue weighted by Gasteiger charge is -2.34. The average Bonchev–Trinajstić information content (AvgIpc) is 2.67. The second-order valence-electron chi connectivity index (χ2n) is 7.22. The maximum absolute atomic E-state index is 13.3. The maximum atomic E-state index is 13.3. The first-order valence-corrected chi connectivity index (χ1v) is 11.2. The van der Waals surface area contributed by atoms with Gasteiger partial charge in [-0.1, -0.05) is 6.92 Å². The Morgan fingerprint density at radius 3 is 2.60 bits per heavy atom. The summed E-state index contributed by atoms with van der Waals surface area (Å²) in [5.74, 6) is -1.14. The van der Waals surface area contributed by atoms with Crippen molar-refractivity contribution >= 4 is 27.4 Å². The lowest BCUT2D eigenvalue weighted by atomic mass is 10.1. The van der Waals surface area contributed by atoms with E-state index >= 15 is 0 Å². The molecule has 0 saturated carbocycles. The van der Waals surface area contributed by atoms with E-state index in [9.17, 15) is 22.0 Å².